The molecule has 3 heterocycles. The Labute approximate surface area is 141 Å². The van der Waals surface area contributed by atoms with Crippen LogP contribution in [0.1, 0.15) is 37.1 Å². The van der Waals surface area contributed by atoms with Gasteiger partial charge in [0.2, 0.25) is 10.0 Å². The minimum atomic E-state index is -3.11. The zero-order chi connectivity index (χ0) is 15.9. The maximum Gasteiger partial charge on any atom is 0.214 e. The van der Waals surface area contributed by atoms with Gasteiger partial charge in [-0.2, -0.15) is 0 Å². The van der Waals surface area contributed by atoms with Crippen molar-refractivity contribution in [1.29, 1.82) is 0 Å². The molecule has 1 aliphatic carbocycles. The number of likely N-dealkylation sites (tertiary alicyclic amines) is 1. The molecule has 0 aromatic carbocycles. The van der Waals surface area contributed by atoms with Crippen molar-refractivity contribution in [3.63, 3.8) is 0 Å². The molecule has 4 rings (SSSR count). The van der Waals surface area contributed by atoms with Crippen molar-refractivity contribution in [2.45, 2.75) is 55.5 Å². The highest BCUT2D eigenvalue weighted by atomic mass is 32.2. The second-order valence-electron chi connectivity index (χ2n) is 6.97. The number of nitrogens with zero attached hydrogens (tertiary/aromatic N) is 2. The summed E-state index contributed by atoms with van der Waals surface area (Å²) in [5.74, 6) is 0. The quantitative estimate of drug-likeness (QED) is 0.861. The monoisotopic (exact) mass is 357 g/mol. The van der Waals surface area contributed by atoms with Crippen LogP contribution in [-0.4, -0.2) is 54.9 Å². The Morgan fingerprint density at radius 1 is 1.43 bits per heavy atom. The van der Waals surface area contributed by atoms with E-state index < -0.39 is 10.0 Å². The van der Waals surface area contributed by atoms with Gasteiger partial charge in [-0.3, -0.25) is 4.90 Å². The normalized spacial score (nSPS) is 32.6. The zero-order valence-corrected chi connectivity index (χ0v) is 14.7. The lowest BCUT2D eigenvalue weighted by Crippen LogP contribution is -2.50. The number of sulfonamides is 1. The average molecular weight is 358 g/mol. The molecule has 0 amide bonds. The fraction of sp³-hybridized carbons (Fsp3) is 0.800. The molecule has 8 heteroatoms. The van der Waals surface area contributed by atoms with Gasteiger partial charge in [-0.15, -0.1) is 11.3 Å². The predicted octanol–water partition coefficient (Wildman–Crippen LogP) is 1.35. The molecule has 1 spiro atoms. The van der Waals surface area contributed by atoms with Crippen LogP contribution in [0.5, 0.6) is 0 Å². The second-order valence-corrected chi connectivity index (χ2v) is 9.94. The Morgan fingerprint density at radius 3 is 3.04 bits per heavy atom. The molecule has 1 saturated carbocycles. The SMILES string of the molecule is O=S(=O)(N[C@@H]1CCO[C@]2(CCN(Cc3nccs3)C2)C1)C1CC1. The Balaban J connectivity index is 1.37. The maximum atomic E-state index is 12.2. The molecule has 1 N–H and O–H groups in total. The third kappa shape index (κ3) is 3.61. The third-order valence-electron chi connectivity index (χ3n) is 5.02. The highest BCUT2D eigenvalue weighted by Crippen LogP contribution is 2.36. The van der Waals surface area contributed by atoms with Crippen LogP contribution in [0.4, 0.5) is 0 Å². The summed E-state index contributed by atoms with van der Waals surface area (Å²) in [6, 6.07) is 0.0224. The topological polar surface area (TPSA) is 71.5 Å². The van der Waals surface area contributed by atoms with Crippen molar-refractivity contribution in [3.8, 4) is 0 Å². The molecule has 23 heavy (non-hydrogen) atoms. The molecule has 2 saturated heterocycles. The lowest BCUT2D eigenvalue weighted by molar-refractivity contribution is -0.0779. The van der Waals surface area contributed by atoms with Gasteiger partial charge >= 0.3 is 0 Å². The van der Waals surface area contributed by atoms with Crippen LogP contribution < -0.4 is 4.72 Å². The number of thiazole rings is 1. The van der Waals surface area contributed by atoms with E-state index in [4.69, 9.17) is 4.74 Å². The summed E-state index contributed by atoms with van der Waals surface area (Å²) in [5.41, 5.74) is -0.188. The first-order chi connectivity index (χ1) is 11.0. The number of aromatic nitrogens is 1. The molecule has 6 nitrogen and oxygen atoms in total. The van der Waals surface area contributed by atoms with E-state index in [9.17, 15) is 8.42 Å². The molecule has 0 unspecified atom stereocenters. The van der Waals surface area contributed by atoms with Gasteiger partial charge in [-0.05, 0) is 32.1 Å². The maximum absolute atomic E-state index is 12.2. The van der Waals surface area contributed by atoms with Crippen molar-refractivity contribution >= 4 is 21.4 Å². The fourth-order valence-electron chi connectivity index (χ4n) is 3.70. The van der Waals surface area contributed by atoms with E-state index in [-0.39, 0.29) is 16.9 Å². The first-order valence-electron chi connectivity index (χ1n) is 8.31. The molecule has 2 aliphatic heterocycles. The van der Waals surface area contributed by atoms with Crippen molar-refractivity contribution in [3.05, 3.63) is 16.6 Å². The Bertz CT molecular complexity index is 645. The molecule has 128 valence electrons. The van der Waals surface area contributed by atoms with Crippen LogP contribution in [0.25, 0.3) is 0 Å². The van der Waals surface area contributed by atoms with Gasteiger partial charge in [0, 0.05) is 37.3 Å². The molecular formula is C15H23N3O3S2. The molecule has 0 radical (unpaired) electrons. The number of hydrogen-bond acceptors (Lipinski definition) is 6. The highest BCUT2D eigenvalue weighted by molar-refractivity contribution is 7.90. The van der Waals surface area contributed by atoms with Crippen LogP contribution in [0.15, 0.2) is 11.6 Å². The second kappa shape index (κ2) is 6.07. The first-order valence-corrected chi connectivity index (χ1v) is 10.7. The van der Waals surface area contributed by atoms with E-state index in [0.29, 0.717) is 6.61 Å². The smallest absolute Gasteiger partial charge is 0.214 e. The molecule has 0 bridgehead atoms. The largest absolute Gasteiger partial charge is 0.373 e. The average Bonchev–Trinajstić information content (AvgIpc) is 3.15. The molecule has 1 aromatic heterocycles. The summed E-state index contributed by atoms with van der Waals surface area (Å²) >= 11 is 1.68. The molecule has 3 aliphatic rings. The Kier molecular flexibility index (Phi) is 4.21. The Hall–Kier alpha value is -0.540. The van der Waals surface area contributed by atoms with E-state index in [0.717, 1.165) is 56.7 Å². The minimum Gasteiger partial charge on any atom is -0.373 e. The van der Waals surface area contributed by atoms with Gasteiger partial charge in [0.25, 0.3) is 0 Å². The third-order valence-corrected chi connectivity index (χ3v) is 7.80. The lowest BCUT2D eigenvalue weighted by atomic mass is 9.90. The van der Waals surface area contributed by atoms with Gasteiger partial charge in [0.05, 0.1) is 17.4 Å². The van der Waals surface area contributed by atoms with Crippen molar-refractivity contribution in [2.24, 2.45) is 0 Å². The van der Waals surface area contributed by atoms with Crippen molar-refractivity contribution in [1.82, 2.24) is 14.6 Å². The summed E-state index contributed by atoms with van der Waals surface area (Å²) in [5, 5.41) is 2.98. The van der Waals surface area contributed by atoms with Crippen LogP contribution in [0.3, 0.4) is 0 Å². The number of nitrogens with one attached hydrogen (secondary N) is 1. The van der Waals surface area contributed by atoms with Gasteiger partial charge in [0.15, 0.2) is 0 Å². The zero-order valence-electron chi connectivity index (χ0n) is 13.1. The van der Waals surface area contributed by atoms with Crippen LogP contribution in [0, 0.1) is 0 Å². The van der Waals surface area contributed by atoms with E-state index in [1.807, 2.05) is 11.6 Å². The summed E-state index contributed by atoms with van der Waals surface area (Å²) in [6.07, 6.45) is 6.00. The number of rotatable bonds is 5. The molecule has 3 fully saturated rings. The molecule has 2 atom stereocenters. The van der Waals surface area contributed by atoms with Crippen LogP contribution >= 0.6 is 11.3 Å². The van der Waals surface area contributed by atoms with Crippen molar-refractivity contribution < 1.29 is 13.2 Å². The van der Waals surface area contributed by atoms with E-state index in [1.165, 1.54) is 0 Å². The first kappa shape index (κ1) is 16.0. The van der Waals surface area contributed by atoms with E-state index in [2.05, 4.69) is 14.6 Å². The summed E-state index contributed by atoms with van der Waals surface area (Å²) in [7, 11) is -3.11. The van der Waals surface area contributed by atoms with Gasteiger partial charge in [-0.25, -0.2) is 18.1 Å². The highest BCUT2D eigenvalue weighted by Gasteiger charge is 2.45. The van der Waals surface area contributed by atoms with Crippen LogP contribution in [-0.2, 0) is 21.3 Å². The van der Waals surface area contributed by atoms with Gasteiger partial charge in [-0.1, -0.05) is 0 Å². The van der Waals surface area contributed by atoms with Crippen molar-refractivity contribution in [2.75, 3.05) is 19.7 Å². The van der Waals surface area contributed by atoms with E-state index >= 15 is 0 Å². The summed E-state index contributed by atoms with van der Waals surface area (Å²) in [4.78, 5) is 6.72. The lowest BCUT2D eigenvalue weighted by Gasteiger charge is -2.38. The van der Waals surface area contributed by atoms with Gasteiger partial charge < -0.3 is 4.74 Å². The molecular weight excluding hydrogens is 334 g/mol. The minimum absolute atomic E-state index is 0.0224. The Morgan fingerprint density at radius 2 is 2.30 bits per heavy atom. The fourth-order valence-corrected chi connectivity index (χ4v) is 5.98. The van der Waals surface area contributed by atoms with E-state index in [1.54, 1.807) is 11.3 Å². The van der Waals surface area contributed by atoms with Gasteiger partial charge in [0.1, 0.15) is 5.01 Å². The summed E-state index contributed by atoms with van der Waals surface area (Å²) < 4.78 is 33.4. The standard InChI is InChI=1S/C15H23N3O3S2/c19-23(20,13-1-2-13)17-12-3-7-21-15(9-12)4-6-18(11-15)10-14-16-5-8-22-14/h5,8,12-13,17H,1-4,6-7,9-11H2/t12-,15-/m1/s1. The van der Waals surface area contributed by atoms with Crippen LogP contribution in [0.2, 0.25) is 0 Å². The number of hydrogen-bond donors (Lipinski definition) is 1. The predicted molar refractivity (Wildman–Crippen MR) is 88.8 cm³/mol. The summed E-state index contributed by atoms with van der Waals surface area (Å²) in [6.45, 7) is 3.36. The number of ether oxygens (including phenoxy) is 1. The molecule has 1 aromatic rings.